The van der Waals surface area contributed by atoms with Crippen molar-refractivity contribution < 1.29 is 19.4 Å². The predicted octanol–water partition coefficient (Wildman–Crippen LogP) is 3.29. The van der Waals surface area contributed by atoms with E-state index < -0.39 is 5.97 Å². The molecule has 1 amide bonds. The molecule has 6 nitrogen and oxygen atoms in total. The Morgan fingerprint density at radius 3 is 2.77 bits per heavy atom. The summed E-state index contributed by atoms with van der Waals surface area (Å²) in [5.74, 6) is -0.558. The van der Waals surface area contributed by atoms with Crippen molar-refractivity contribution in [2.75, 3.05) is 0 Å². The number of ether oxygens (including phenoxy) is 1. The number of nitrogens with one attached hydrogen (secondary N) is 1. The van der Waals surface area contributed by atoms with E-state index in [0.717, 1.165) is 5.01 Å². The number of aliphatic carboxylic acids is 1. The molecule has 0 unspecified atom stereocenters. The number of benzene rings is 1. The van der Waals surface area contributed by atoms with Crippen LogP contribution in [-0.2, 0) is 22.6 Å². The van der Waals surface area contributed by atoms with Crippen LogP contribution in [0.3, 0.4) is 0 Å². The number of hydrogen-bond donors (Lipinski definition) is 2. The highest BCUT2D eigenvalue weighted by Gasteiger charge is 2.30. The fourth-order valence-electron chi connectivity index (χ4n) is 2.95. The van der Waals surface area contributed by atoms with Crippen LogP contribution in [0.1, 0.15) is 30.0 Å². The quantitative estimate of drug-likeness (QED) is 0.752. The molecule has 1 fully saturated rings. The number of nitrogens with zero attached hydrogens (tertiary/aromatic N) is 1. The highest BCUT2D eigenvalue weighted by molar-refractivity contribution is 7.09. The molecule has 1 aromatic heterocycles. The molecule has 2 atom stereocenters. The lowest BCUT2D eigenvalue weighted by atomic mass is 10.1. The number of thiazole rings is 1. The van der Waals surface area contributed by atoms with Gasteiger partial charge in [-0.05, 0) is 43.5 Å². The number of carboxylic acids is 1. The molecule has 2 aromatic rings. The van der Waals surface area contributed by atoms with Crippen LogP contribution in [0.5, 0.6) is 5.75 Å². The highest BCUT2D eigenvalue weighted by Crippen LogP contribution is 2.25. The van der Waals surface area contributed by atoms with E-state index in [1.54, 1.807) is 24.3 Å². The van der Waals surface area contributed by atoms with Crippen LogP contribution >= 0.6 is 22.9 Å². The molecule has 1 saturated carbocycles. The number of rotatable bonds is 7. The summed E-state index contributed by atoms with van der Waals surface area (Å²) in [4.78, 5) is 27.5. The molecule has 8 heteroatoms. The Bertz CT molecular complexity index is 778. The van der Waals surface area contributed by atoms with Gasteiger partial charge in [-0.2, -0.15) is 0 Å². The maximum absolute atomic E-state index is 12.1. The van der Waals surface area contributed by atoms with Crippen LogP contribution in [0.15, 0.2) is 29.6 Å². The zero-order chi connectivity index (χ0) is 18.5. The molecular formula is C18H19ClN2O4S. The Morgan fingerprint density at radius 2 is 2.08 bits per heavy atom. The third-order valence-electron chi connectivity index (χ3n) is 4.26. The summed E-state index contributed by atoms with van der Waals surface area (Å²) in [7, 11) is 0. The SMILES string of the molecule is O=C(Cc1csc(COc2ccc(Cl)cc2)n1)N[C@@H]1CC[C@H](C(=O)O)C1. The number of halogens is 1. The van der Waals surface area contributed by atoms with Crippen molar-refractivity contribution in [2.45, 2.75) is 38.3 Å². The molecule has 1 aromatic carbocycles. The van der Waals surface area contributed by atoms with E-state index in [1.165, 1.54) is 11.3 Å². The van der Waals surface area contributed by atoms with E-state index in [4.69, 9.17) is 21.4 Å². The van der Waals surface area contributed by atoms with Gasteiger partial charge in [-0.3, -0.25) is 9.59 Å². The molecule has 0 saturated heterocycles. The van der Waals surface area contributed by atoms with Gasteiger partial charge >= 0.3 is 5.97 Å². The Kier molecular flexibility index (Phi) is 6.11. The van der Waals surface area contributed by atoms with Gasteiger partial charge in [0.1, 0.15) is 17.4 Å². The molecule has 3 rings (SSSR count). The fourth-order valence-corrected chi connectivity index (χ4v) is 3.78. The van der Waals surface area contributed by atoms with Crippen molar-refractivity contribution in [3.8, 4) is 5.75 Å². The van der Waals surface area contributed by atoms with Gasteiger partial charge in [-0.15, -0.1) is 11.3 Å². The minimum absolute atomic E-state index is 0.0602. The van der Waals surface area contributed by atoms with Crippen LogP contribution in [0.2, 0.25) is 5.02 Å². The Hall–Kier alpha value is -2.12. The smallest absolute Gasteiger partial charge is 0.306 e. The summed E-state index contributed by atoms with van der Waals surface area (Å²) in [5, 5.41) is 15.2. The van der Waals surface area contributed by atoms with Crippen LogP contribution in [0.25, 0.3) is 0 Å². The molecule has 0 spiro atoms. The number of carbonyl (C=O) groups excluding carboxylic acids is 1. The summed E-state index contributed by atoms with van der Waals surface area (Å²) in [5.41, 5.74) is 0.690. The third-order valence-corrected chi connectivity index (χ3v) is 5.39. The number of aromatic nitrogens is 1. The second kappa shape index (κ2) is 8.51. The highest BCUT2D eigenvalue weighted by atomic mass is 35.5. The second-order valence-electron chi connectivity index (χ2n) is 6.26. The standard InChI is InChI=1S/C18H19ClN2O4S/c19-12-2-5-15(6-3-12)25-9-17-21-14(10-26-17)8-16(22)20-13-4-1-11(7-13)18(23)24/h2-3,5-6,10-11,13H,1,4,7-9H2,(H,20,22)(H,23,24)/t11-,13+/m0/s1. The van der Waals surface area contributed by atoms with Gasteiger partial charge < -0.3 is 15.2 Å². The van der Waals surface area contributed by atoms with Gasteiger partial charge in [-0.25, -0.2) is 4.98 Å². The van der Waals surface area contributed by atoms with E-state index in [9.17, 15) is 9.59 Å². The minimum atomic E-state index is -0.786. The molecule has 138 valence electrons. The molecular weight excluding hydrogens is 376 g/mol. The van der Waals surface area contributed by atoms with Gasteiger partial charge in [0.2, 0.25) is 5.91 Å². The third kappa shape index (κ3) is 5.19. The monoisotopic (exact) mass is 394 g/mol. The Labute approximate surface area is 160 Å². The first-order valence-electron chi connectivity index (χ1n) is 8.33. The fraction of sp³-hybridized carbons (Fsp3) is 0.389. The summed E-state index contributed by atoms with van der Waals surface area (Å²) in [6.45, 7) is 0.330. The van der Waals surface area contributed by atoms with Gasteiger partial charge in [0, 0.05) is 16.4 Å². The van der Waals surface area contributed by atoms with Crippen molar-refractivity contribution in [3.63, 3.8) is 0 Å². The molecule has 0 bridgehead atoms. The minimum Gasteiger partial charge on any atom is -0.486 e. The summed E-state index contributed by atoms with van der Waals surface area (Å²) in [6, 6.07) is 7.03. The van der Waals surface area contributed by atoms with E-state index in [-0.39, 0.29) is 24.3 Å². The molecule has 26 heavy (non-hydrogen) atoms. The first-order valence-corrected chi connectivity index (χ1v) is 9.59. The van der Waals surface area contributed by atoms with E-state index in [1.807, 2.05) is 5.38 Å². The zero-order valence-electron chi connectivity index (χ0n) is 14.0. The summed E-state index contributed by atoms with van der Waals surface area (Å²) in [6.07, 6.45) is 2.01. The molecule has 0 aliphatic heterocycles. The van der Waals surface area contributed by atoms with Crippen molar-refractivity contribution in [2.24, 2.45) is 5.92 Å². The van der Waals surface area contributed by atoms with Crippen molar-refractivity contribution in [3.05, 3.63) is 45.4 Å². The van der Waals surface area contributed by atoms with E-state index in [0.29, 0.717) is 42.3 Å². The first-order chi connectivity index (χ1) is 12.5. The van der Waals surface area contributed by atoms with Gasteiger partial charge in [0.05, 0.1) is 18.0 Å². The summed E-state index contributed by atoms with van der Waals surface area (Å²) >= 11 is 7.27. The van der Waals surface area contributed by atoms with E-state index >= 15 is 0 Å². The number of carbonyl (C=O) groups is 2. The van der Waals surface area contributed by atoms with Crippen LogP contribution in [0.4, 0.5) is 0 Å². The van der Waals surface area contributed by atoms with E-state index in [2.05, 4.69) is 10.3 Å². The van der Waals surface area contributed by atoms with Crippen molar-refractivity contribution in [1.29, 1.82) is 0 Å². The maximum Gasteiger partial charge on any atom is 0.306 e. The Morgan fingerprint density at radius 1 is 1.31 bits per heavy atom. The number of carboxylic acid groups (broad SMARTS) is 1. The lowest BCUT2D eigenvalue weighted by Gasteiger charge is -2.11. The maximum atomic E-state index is 12.1. The second-order valence-corrected chi connectivity index (χ2v) is 7.64. The van der Waals surface area contributed by atoms with Gasteiger partial charge in [0.15, 0.2) is 0 Å². The largest absolute Gasteiger partial charge is 0.486 e. The molecule has 1 aliphatic carbocycles. The molecule has 2 N–H and O–H groups in total. The van der Waals surface area contributed by atoms with Gasteiger partial charge in [0.25, 0.3) is 0 Å². The first kappa shape index (κ1) is 18.7. The average Bonchev–Trinajstić information content (AvgIpc) is 3.24. The molecule has 1 heterocycles. The lowest BCUT2D eigenvalue weighted by Crippen LogP contribution is -2.34. The van der Waals surface area contributed by atoms with Gasteiger partial charge in [-0.1, -0.05) is 11.6 Å². The Balaban J connectivity index is 1.45. The summed E-state index contributed by atoms with van der Waals surface area (Å²) < 4.78 is 5.64. The molecule has 1 aliphatic rings. The number of hydrogen-bond acceptors (Lipinski definition) is 5. The van der Waals surface area contributed by atoms with Crippen LogP contribution in [-0.4, -0.2) is 28.0 Å². The van der Waals surface area contributed by atoms with Crippen LogP contribution in [0, 0.1) is 5.92 Å². The number of amides is 1. The zero-order valence-corrected chi connectivity index (χ0v) is 15.6. The van der Waals surface area contributed by atoms with Crippen molar-refractivity contribution >= 4 is 34.8 Å². The van der Waals surface area contributed by atoms with Crippen LogP contribution < -0.4 is 10.1 Å². The normalized spacial score (nSPS) is 19.3. The lowest BCUT2D eigenvalue weighted by molar-refractivity contribution is -0.141. The average molecular weight is 395 g/mol. The molecule has 0 radical (unpaired) electrons. The van der Waals surface area contributed by atoms with Crippen molar-refractivity contribution in [1.82, 2.24) is 10.3 Å². The predicted molar refractivity (Wildman–Crippen MR) is 98.5 cm³/mol. The topological polar surface area (TPSA) is 88.5 Å².